The number of aromatic amines is 1. The van der Waals surface area contributed by atoms with Gasteiger partial charge in [-0.25, -0.2) is 0 Å². The molecule has 0 saturated heterocycles. The first-order valence-corrected chi connectivity index (χ1v) is 14.6. The van der Waals surface area contributed by atoms with Crippen LogP contribution in [0.25, 0.3) is 21.8 Å². The van der Waals surface area contributed by atoms with Crippen molar-refractivity contribution in [1.29, 1.82) is 5.41 Å². The highest BCUT2D eigenvalue weighted by Gasteiger charge is 2.29. The summed E-state index contributed by atoms with van der Waals surface area (Å²) in [5, 5.41) is 9.96. The summed E-state index contributed by atoms with van der Waals surface area (Å²) in [6, 6.07) is 12.7. The van der Waals surface area contributed by atoms with Crippen molar-refractivity contribution in [2.75, 3.05) is 7.11 Å². The Hall–Kier alpha value is -3.80. The summed E-state index contributed by atoms with van der Waals surface area (Å²) >= 11 is 0. The van der Waals surface area contributed by atoms with Crippen molar-refractivity contribution < 1.29 is 19.1 Å². The van der Waals surface area contributed by atoms with Gasteiger partial charge in [-0.15, -0.1) is 13.2 Å². The normalized spacial score (nSPS) is 13.4. The number of ketones is 2. The first-order valence-electron chi connectivity index (χ1n) is 14.6. The molecule has 6 heteroatoms. The number of nitrogens with one attached hydrogen (secondary N) is 2. The van der Waals surface area contributed by atoms with Gasteiger partial charge in [0.2, 0.25) is 0 Å². The van der Waals surface area contributed by atoms with E-state index in [2.05, 4.69) is 54.5 Å². The highest BCUT2D eigenvalue weighted by Crippen LogP contribution is 2.29. The summed E-state index contributed by atoms with van der Waals surface area (Å²) < 4.78 is 4.89. The first-order chi connectivity index (χ1) is 19.7. The van der Waals surface area contributed by atoms with Gasteiger partial charge < -0.3 is 15.1 Å². The van der Waals surface area contributed by atoms with Crippen molar-refractivity contribution >= 4 is 45.1 Å². The Bertz CT molecular complexity index is 1420. The Labute approximate surface area is 243 Å². The lowest BCUT2D eigenvalue weighted by Crippen LogP contribution is -2.27. The highest BCUT2D eigenvalue weighted by molar-refractivity contribution is 6.07. The van der Waals surface area contributed by atoms with E-state index in [1.54, 1.807) is 13.0 Å². The zero-order valence-corrected chi connectivity index (χ0v) is 24.8. The maximum Gasteiger partial charge on any atom is 0.309 e. The molecule has 3 atom stereocenters. The van der Waals surface area contributed by atoms with E-state index in [-0.39, 0.29) is 30.3 Å². The molecule has 1 aromatic heterocycles. The van der Waals surface area contributed by atoms with E-state index in [9.17, 15) is 14.4 Å². The fraction of sp³-hybridized carbons (Fsp3) is 0.429. The summed E-state index contributed by atoms with van der Waals surface area (Å²) in [7, 11) is 1.32. The van der Waals surface area contributed by atoms with E-state index in [0.29, 0.717) is 31.4 Å². The van der Waals surface area contributed by atoms with Gasteiger partial charge in [-0.2, -0.15) is 0 Å². The van der Waals surface area contributed by atoms with Crippen LogP contribution in [0.2, 0.25) is 0 Å². The van der Waals surface area contributed by atoms with Crippen LogP contribution in [-0.4, -0.2) is 35.3 Å². The number of H-pyrrole nitrogens is 1. The Morgan fingerprint density at radius 2 is 1.56 bits per heavy atom. The van der Waals surface area contributed by atoms with Gasteiger partial charge in [-0.1, -0.05) is 37.6 Å². The molecule has 2 unspecified atom stereocenters. The predicted molar refractivity (Wildman–Crippen MR) is 168 cm³/mol. The van der Waals surface area contributed by atoms with Crippen LogP contribution in [0.15, 0.2) is 61.7 Å². The second-order valence-corrected chi connectivity index (χ2v) is 11.3. The summed E-state index contributed by atoms with van der Waals surface area (Å²) in [6.45, 7) is 11.3. The molecule has 41 heavy (non-hydrogen) atoms. The summed E-state index contributed by atoms with van der Waals surface area (Å²) in [4.78, 5) is 42.5. The molecule has 2 aromatic carbocycles. The maximum atomic E-state index is 13.4. The molecule has 0 amide bonds. The molecule has 0 aliphatic rings. The van der Waals surface area contributed by atoms with Crippen molar-refractivity contribution in [3.63, 3.8) is 0 Å². The number of hydrogen-bond acceptors (Lipinski definition) is 5. The zero-order chi connectivity index (χ0) is 29.9. The third kappa shape index (κ3) is 8.84. The molecule has 0 bridgehead atoms. The standard InChI is InChI=1S/C35H44N2O4/c1-6-10-25-14-16-31-29(19-25)30-20-26(15-17-32(30)37-31)18-23(3)33(38)21-27(13-9-8-12-24(4)36)34(39)22-28(11-7-2)35(40)41-5/h6-7,14-17,19-20,23,27-28,36-37H,1-2,8-13,18,21-22H2,3-5H3/t23?,27-,28?/m1/s1. The average molecular weight is 557 g/mol. The monoisotopic (exact) mass is 556 g/mol. The van der Waals surface area contributed by atoms with Gasteiger partial charge in [0.1, 0.15) is 11.6 Å². The van der Waals surface area contributed by atoms with Gasteiger partial charge in [-0.05, 0) is 80.8 Å². The SMILES string of the molecule is C=CCc1ccc2[nH]c3ccc(CC(C)C(=O)C[C@@H](CCCCC(C)=N)C(=O)CC(CC=C)C(=O)OC)cc3c2c1. The maximum absolute atomic E-state index is 13.4. The van der Waals surface area contributed by atoms with E-state index in [1.165, 1.54) is 12.7 Å². The van der Waals surface area contributed by atoms with Crippen molar-refractivity contribution in [3.8, 4) is 0 Å². The van der Waals surface area contributed by atoms with Crippen molar-refractivity contribution in [3.05, 3.63) is 72.8 Å². The number of rotatable bonds is 18. The predicted octanol–water partition coefficient (Wildman–Crippen LogP) is 7.73. The number of unbranched alkanes of at least 4 members (excludes halogenated alkanes) is 1. The molecule has 3 aromatic rings. The Morgan fingerprint density at radius 1 is 0.927 bits per heavy atom. The number of hydrogen-bond donors (Lipinski definition) is 2. The number of methoxy groups -OCH3 is 1. The molecule has 0 radical (unpaired) electrons. The number of benzene rings is 2. The number of Topliss-reactive ketones (excluding diaryl/α,β-unsaturated/α-hetero) is 2. The summed E-state index contributed by atoms with van der Waals surface area (Å²) in [5.74, 6) is -1.74. The van der Waals surface area contributed by atoms with E-state index in [4.69, 9.17) is 10.1 Å². The summed E-state index contributed by atoms with van der Waals surface area (Å²) in [6.07, 6.45) is 8.27. The minimum absolute atomic E-state index is 0.0414. The van der Waals surface area contributed by atoms with Crippen LogP contribution in [0.3, 0.4) is 0 Å². The zero-order valence-electron chi connectivity index (χ0n) is 24.8. The number of allylic oxidation sites excluding steroid dienone is 2. The lowest BCUT2D eigenvalue weighted by atomic mass is 9.83. The van der Waals surface area contributed by atoms with E-state index >= 15 is 0 Å². The van der Waals surface area contributed by atoms with Crippen LogP contribution in [0.4, 0.5) is 0 Å². The number of aromatic nitrogens is 1. The molecular weight excluding hydrogens is 512 g/mol. The van der Waals surface area contributed by atoms with E-state index in [1.807, 2.05) is 13.0 Å². The van der Waals surface area contributed by atoms with Gasteiger partial charge in [0.15, 0.2) is 0 Å². The molecule has 0 fully saturated rings. The van der Waals surface area contributed by atoms with Crippen LogP contribution in [0, 0.1) is 23.2 Å². The third-order valence-corrected chi connectivity index (χ3v) is 7.89. The molecule has 1 heterocycles. The first kappa shape index (κ1) is 31.7. The molecule has 6 nitrogen and oxygen atoms in total. The average Bonchev–Trinajstić information content (AvgIpc) is 3.31. The van der Waals surface area contributed by atoms with Crippen LogP contribution in [-0.2, 0) is 32.0 Å². The van der Waals surface area contributed by atoms with Crippen molar-refractivity contribution in [2.24, 2.45) is 17.8 Å². The van der Waals surface area contributed by atoms with Crippen LogP contribution < -0.4 is 0 Å². The second kappa shape index (κ2) is 15.3. The molecule has 0 spiro atoms. The Balaban J connectivity index is 1.74. The second-order valence-electron chi connectivity index (χ2n) is 11.3. The number of carbonyl (C=O) groups excluding carboxylic acids is 3. The lowest BCUT2D eigenvalue weighted by molar-refractivity contribution is -0.147. The van der Waals surface area contributed by atoms with Gasteiger partial charge >= 0.3 is 5.97 Å². The van der Waals surface area contributed by atoms with Crippen molar-refractivity contribution in [1.82, 2.24) is 4.98 Å². The largest absolute Gasteiger partial charge is 0.469 e. The molecular formula is C35H44N2O4. The highest BCUT2D eigenvalue weighted by atomic mass is 16.5. The number of esters is 1. The smallest absolute Gasteiger partial charge is 0.309 e. The minimum atomic E-state index is -0.584. The molecule has 2 N–H and O–H groups in total. The molecule has 0 saturated carbocycles. The topological polar surface area (TPSA) is 100 Å². The van der Waals surface area contributed by atoms with Crippen molar-refractivity contribution in [2.45, 2.75) is 71.6 Å². The van der Waals surface area contributed by atoms with Crippen LogP contribution in [0.1, 0.15) is 69.9 Å². The Morgan fingerprint density at radius 3 is 2.17 bits per heavy atom. The molecule has 0 aliphatic carbocycles. The number of fused-ring (bicyclic) bond motifs is 3. The lowest BCUT2D eigenvalue weighted by Gasteiger charge is -2.20. The van der Waals surface area contributed by atoms with E-state index < -0.39 is 17.8 Å². The number of carbonyl (C=O) groups is 3. The molecule has 3 rings (SSSR count). The van der Waals surface area contributed by atoms with Crippen LogP contribution >= 0.6 is 0 Å². The van der Waals surface area contributed by atoms with Gasteiger partial charge in [0.25, 0.3) is 0 Å². The number of ether oxygens (including phenoxy) is 1. The fourth-order valence-corrected chi connectivity index (χ4v) is 5.52. The van der Waals surface area contributed by atoms with Crippen LogP contribution in [0.5, 0.6) is 0 Å². The Kier molecular flexibility index (Phi) is 11.8. The fourth-order valence-electron chi connectivity index (χ4n) is 5.52. The third-order valence-electron chi connectivity index (χ3n) is 7.89. The minimum Gasteiger partial charge on any atom is -0.469 e. The summed E-state index contributed by atoms with van der Waals surface area (Å²) in [5.41, 5.74) is 5.03. The van der Waals surface area contributed by atoms with Gasteiger partial charge in [-0.3, -0.25) is 14.4 Å². The molecule has 218 valence electrons. The van der Waals surface area contributed by atoms with Gasteiger partial charge in [0, 0.05) is 52.2 Å². The molecule has 0 aliphatic heterocycles. The van der Waals surface area contributed by atoms with Gasteiger partial charge in [0.05, 0.1) is 13.0 Å². The van der Waals surface area contributed by atoms with E-state index in [0.717, 1.165) is 46.6 Å². The quantitative estimate of drug-likeness (QED) is 0.0725.